The summed E-state index contributed by atoms with van der Waals surface area (Å²) in [4.78, 5) is 22.9. The summed E-state index contributed by atoms with van der Waals surface area (Å²) >= 11 is 3.22. The van der Waals surface area contributed by atoms with Crippen molar-refractivity contribution in [2.45, 2.75) is 25.3 Å². The zero-order valence-electron chi connectivity index (χ0n) is 13.4. The van der Waals surface area contributed by atoms with Crippen molar-refractivity contribution < 1.29 is 9.90 Å². The fourth-order valence-corrected chi connectivity index (χ4v) is 4.35. The lowest BCUT2D eigenvalue weighted by Crippen LogP contribution is -2.12. The number of amides is 1. The Morgan fingerprint density at radius 2 is 2.08 bits per heavy atom. The molecule has 0 aliphatic rings. The molecule has 0 fully saturated rings. The number of fused-ring (bicyclic) bond motifs is 1. The third kappa shape index (κ3) is 3.52. The number of hydrogen-bond donors (Lipinski definition) is 2. The first-order valence-electron chi connectivity index (χ1n) is 7.47. The summed E-state index contributed by atoms with van der Waals surface area (Å²) in [5.74, 6) is 0.549. The van der Waals surface area contributed by atoms with E-state index in [1.54, 1.807) is 53.7 Å². The minimum absolute atomic E-state index is 0.0698. The Morgan fingerprint density at radius 3 is 2.88 bits per heavy atom. The van der Waals surface area contributed by atoms with Crippen LogP contribution in [0.4, 0.5) is 5.69 Å². The molecule has 0 aliphatic heterocycles. The monoisotopic (exact) mass is 359 g/mol. The summed E-state index contributed by atoms with van der Waals surface area (Å²) in [7, 11) is 0. The molecule has 0 saturated carbocycles. The maximum Gasteiger partial charge on any atom is 0.225 e. The second kappa shape index (κ2) is 7.19. The van der Waals surface area contributed by atoms with Gasteiger partial charge in [0, 0.05) is 22.4 Å². The van der Waals surface area contributed by atoms with Gasteiger partial charge < -0.3 is 10.4 Å². The average molecular weight is 359 g/mol. The Hall–Kier alpha value is -2.12. The van der Waals surface area contributed by atoms with Crippen LogP contribution in [0.1, 0.15) is 16.9 Å². The number of nitrogens with one attached hydrogen (secondary N) is 1. The number of phenols is 1. The van der Waals surface area contributed by atoms with E-state index in [4.69, 9.17) is 0 Å². The number of rotatable bonds is 5. The fourth-order valence-electron chi connectivity index (χ4n) is 2.29. The van der Waals surface area contributed by atoms with E-state index in [0.29, 0.717) is 17.9 Å². The summed E-state index contributed by atoms with van der Waals surface area (Å²) < 4.78 is 0. The second-order valence-electron chi connectivity index (χ2n) is 5.31. The van der Waals surface area contributed by atoms with Gasteiger partial charge in [-0.3, -0.25) is 4.79 Å². The van der Waals surface area contributed by atoms with E-state index in [1.165, 1.54) is 10.4 Å². The van der Waals surface area contributed by atoms with Crippen molar-refractivity contribution in [2.24, 2.45) is 0 Å². The molecule has 0 radical (unpaired) electrons. The molecule has 7 heteroatoms. The van der Waals surface area contributed by atoms with E-state index < -0.39 is 0 Å². The number of anilines is 1. The van der Waals surface area contributed by atoms with Gasteiger partial charge in [0.05, 0.1) is 5.69 Å². The molecule has 2 N–H and O–H groups in total. The normalized spacial score (nSPS) is 10.9. The average Bonchev–Trinajstić information content (AvgIpc) is 2.85. The molecular formula is C17H17N3O2S2. The highest BCUT2D eigenvalue weighted by Gasteiger charge is 2.13. The van der Waals surface area contributed by atoms with Gasteiger partial charge in [-0.1, -0.05) is 12.1 Å². The number of carbonyl (C=O) groups excluding carboxylic acids is 1. The first kappa shape index (κ1) is 16.7. The van der Waals surface area contributed by atoms with Crippen molar-refractivity contribution in [3.8, 4) is 5.75 Å². The molecule has 0 spiro atoms. The van der Waals surface area contributed by atoms with E-state index in [0.717, 1.165) is 15.2 Å². The second-order valence-corrected chi connectivity index (χ2v) is 7.59. The van der Waals surface area contributed by atoms with Crippen LogP contribution < -0.4 is 5.32 Å². The molecule has 3 aromatic rings. The van der Waals surface area contributed by atoms with Gasteiger partial charge >= 0.3 is 0 Å². The largest absolute Gasteiger partial charge is 0.506 e. The van der Waals surface area contributed by atoms with Crippen molar-refractivity contribution in [3.05, 3.63) is 41.0 Å². The smallest absolute Gasteiger partial charge is 0.225 e. The third-order valence-corrected chi connectivity index (χ3v) is 5.78. The van der Waals surface area contributed by atoms with Gasteiger partial charge in [-0.05, 0) is 31.5 Å². The Bertz CT molecular complexity index is 893. The van der Waals surface area contributed by atoms with Crippen LogP contribution in [0.5, 0.6) is 5.75 Å². The summed E-state index contributed by atoms with van der Waals surface area (Å²) in [6.45, 7) is 4.16. The van der Waals surface area contributed by atoms with Gasteiger partial charge in [0.15, 0.2) is 0 Å². The standard InChI is InChI=1S/C17H17N3O2S2/c1-10-11(2)24-17-15(10)16(18-9-19-17)23-8-7-14(22)20-12-5-3-4-6-13(12)21/h3-6,9,21H,7-8H2,1-2H3,(H,20,22). The maximum atomic E-state index is 12.0. The fraction of sp³-hybridized carbons (Fsp3) is 0.235. The number of thioether (sulfide) groups is 1. The molecule has 2 aromatic heterocycles. The summed E-state index contributed by atoms with van der Waals surface area (Å²) in [5, 5.41) is 14.4. The summed E-state index contributed by atoms with van der Waals surface area (Å²) in [6, 6.07) is 6.70. The quantitative estimate of drug-likeness (QED) is 0.407. The number of para-hydroxylation sites is 2. The first-order chi connectivity index (χ1) is 11.6. The summed E-state index contributed by atoms with van der Waals surface area (Å²) in [5.41, 5.74) is 1.64. The van der Waals surface area contributed by atoms with Crippen molar-refractivity contribution in [3.63, 3.8) is 0 Å². The Morgan fingerprint density at radius 1 is 1.29 bits per heavy atom. The molecule has 0 saturated heterocycles. The van der Waals surface area contributed by atoms with Crippen molar-refractivity contribution in [1.29, 1.82) is 0 Å². The number of aromatic hydroxyl groups is 1. The molecule has 0 aliphatic carbocycles. The van der Waals surface area contributed by atoms with Crippen molar-refractivity contribution >= 4 is 44.9 Å². The van der Waals surface area contributed by atoms with E-state index in [-0.39, 0.29) is 11.7 Å². The van der Waals surface area contributed by atoms with Crippen LogP contribution in [-0.2, 0) is 4.79 Å². The Labute approximate surface area is 148 Å². The predicted octanol–water partition coefficient (Wildman–Crippen LogP) is 4.13. The number of phenolic OH excluding ortho intramolecular Hbond substituents is 1. The van der Waals surface area contributed by atoms with Crippen LogP contribution in [0.3, 0.4) is 0 Å². The highest BCUT2D eigenvalue weighted by atomic mass is 32.2. The van der Waals surface area contributed by atoms with Crippen LogP contribution in [-0.4, -0.2) is 26.7 Å². The minimum Gasteiger partial charge on any atom is -0.506 e. The minimum atomic E-state index is -0.132. The number of benzene rings is 1. The van der Waals surface area contributed by atoms with E-state index >= 15 is 0 Å². The number of hydrogen-bond acceptors (Lipinski definition) is 6. The molecule has 24 heavy (non-hydrogen) atoms. The number of nitrogens with zero attached hydrogens (tertiary/aromatic N) is 2. The molecule has 0 bridgehead atoms. The molecule has 124 valence electrons. The van der Waals surface area contributed by atoms with Gasteiger partial charge in [0.1, 0.15) is 21.9 Å². The van der Waals surface area contributed by atoms with Gasteiger partial charge in [0.2, 0.25) is 5.91 Å². The predicted molar refractivity (Wildman–Crippen MR) is 99.0 cm³/mol. The highest BCUT2D eigenvalue weighted by Crippen LogP contribution is 2.34. The molecule has 5 nitrogen and oxygen atoms in total. The maximum absolute atomic E-state index is 12.0. The molecule has 1 amide bonds. The first-order valence-corrected chi connectivity index (χ1v) is 9.28. The number of carbonyl (C=O) groups is 1. The molecule has 0 unspecified atom stereocenters. The number of thiophene rings is 1. The highest BCUT2D eigenvalue weighted by molar-refractivity contribution is 7.99. The van der Waals surface area contributed by atoms with Crippen LogP contribution in [0.25, 0.3) is 10.2 Å². The van der Waals surface area contributed by atoms with Gasteiger partial charge in [-0.25, -0.2) is 9.97 Å². The van der Waals surface area contributed by atoms with E-state index in [2.05, 4.69) is 29.1 Å². The number of aromatic nitrogens is 2. The zero-order valence-corrected chi connectivity index (χ0v) is 15.0. The lowest BCUT2D eigenvalue weighted by molar-refractivity contribution is -0.115. The zero-order chi connectivity index (χ0) is 17.1. The van der Waals surface area contributed by atoms with Crippen molar-refractivity contribution in [1.82, 2.24) is 9.97 Å². The van der Waals surface area contributed by atoms with Crippen LogP contribution in [0.15, 0.2) is 35.6 Å². The molecule has 2 heterocycles. The van der Waals surface area contributed by atoms with Crippen molar-refractivity contribution in [2.75, 3.05) is 11.1 Å². The topological polar surface area (TPSA) is 75.1 Å². The molecule has 1 aromatic carbocycles. The van der Waals surface area contributed by atoms with Gasteiger partial charge in [-0.15, -0.1) is 23.1 Å². The number of aryl methyl sites for hydroxylation is 2. The molecule has 3 rings (SSSR count). The Balaban J connectivity index is 1.63. The lowest BCUT2D eigenvalue weighted by atomic mass is 10.2. The van der Waals surface area contributed by atoms with E-state index in [1.807, 2.05) is 0 Å². The molecular weight excluding hydrogens is 342 g/mol. The summed E-state index contributed by atoms with van der Waals surface area (Å²) in [6.07, 6.45) is 1.91. The SMILES string of the molecule is Cc1sc2ncnc(SCCC(=O)Nc3ccccc3O)c2c1C. The van der Waals surface area contributed by atoms with Gasteiger partial charge in [0.25, 0.3) is 0 Å². The lowest BCUT2D eigenvalue weighted by Gasteiger charge is -2.07. The molecule has 0 atom stereocenters. The Kier molecular flexibility index (Phi) is 5.01. The van der Waals surface area contributed by atoms with Crippen LogP contribution >= 0.6 is 23.1 Å². The van der Waals surface area contributed by atoms with Crippen LogP contribution in [0, 0.1) is 13.8 Å². The van der Waals surface area contributed by atoms with Gasteiger partial charge in [-0.2, -0.15) is 0 Å². The van der Waals surface area contributed by atoms with E-state index in [9.17, 15) is 9.90 Å². The van der Waals surface area contributed by atoms with Crippen LogP contribution in [0.2, 0.25) is 0 Å². The third-order valence-electron chi connectivity index (χ3n) is 3.68.